The highest BCUT2D eigenvalue weighted by atomic mass is 33.1. The van der Waals surface area contributed by atoms with Crippen LogP contribution in [0, 0.1) is 11.3 Å². The first kappa shape index (κ1) is 31.5. The third kappa shape index (κ3) is 10.2. The highest BCUT2D eigenvalue weighted by molar-refractivity contribution is 8.76. The molecule has 214 valence electrons. The Morgan fingerprint density at radius 3 is 2.32 bits per heavy atom. The zero-order chi connectivity index (χ0) is 28.3. The van der Waals surface area contributed by atoms with Crippen LogP contribution < -0.4 is 38.9 Å². The fraction of sp³-hybridized carbons (Fsp3) is 0.714. The first-order valence-corrected chi connectivity index (χ1v) is 14.4. The van der Waals surface area contributed by atoms with E-state index in [1.807, 2.05) is 0 Å². The molecule has 2 aliphatic heterocycles. The molecule has 2 saturated heterocycles. The van der Waals surface area contributed by atoms with Crippen LogP contribution in [0.3, 0.4) is 0 Å². The van der Waals surface area contributed by atoms with Gasteiger partial charge in [0, 0.05) is 35.9 Å². The summed E-state index contributed by atoms with van der Waals surface area (Å²) in [6.45, 7) is 0.875. The second kappa shape index (κ2) is 15.0. The Labute approximate surface area is 227 Å². The molecule has 0 aromatic carbocycles. The quantitative estimate of drug-likeness (QED) is 0.0645. The van der Waals surface area contributed by atoms with Crippen LogP contribution >= 0.6 is 21.6 Å². The van der Waals surface area contributed by atoms with Crippen molar-refractivity contribution in [1.82, 2.24) is 16.0 Å². The summed E-state index contributed by atoms with van der Waals surface area (Å²) in [5.74, 6) is -4.29. The maximum absolute atomic E-state index is 13.2. The third-order valence-electron chi connectivity index (χ3n) is 6.06. The Bertz CT molecular complexity index is 914. The van der Waals surface area contributed by atoms with E-state index >= 15 is 0 Å². The molecule has 12 N–H and O–H groups in total. The van der Waals surface area contributed by atoms with E-state index < -0.39 is 65.5 Å². The number of aliphatic carboxylic acids is 1. The summed E-state index contributed by atoms with van der Waals surface area (Å²) in [4.78, 5) is 66.0. The first-order chi connectivity index (χ1) is 17.9. The van der Waals surface area contributed by atoms with Gasteiger partial charge in [-0.25, -0.2) is 4.79 Å². The van der Waals surface area contributed by atoms with Crippen molar-refractivity contribution < 1.29 is 33.8 Å². The van der Waals surface area contributed by atoms with Crippen molar-refractivity contribution in [1.29, 1.82) is 0 Å². The maximum atomic E-state index is 13.2. The molecular weight excluding hydrogens is 540 g/mol. The van der Waals surface area contributed by atoms with Crippen molar-refractivity contribution in [2.45, 2.75) is 43.8 Å². The van der Waals surface area contributed by atoms with Gasteiger partial charge in [-0.3, -0.25) is 24.2 Å². The lowest BCUT2D eigenvalue weighted by molar-refractivity contribution is -0.147. The maximum Gasteiger partial charge on any atom is 0.327 e. The number of ether oxygens (including phenoxy) is 1. The summed E-state index contributed by atoms with van der Waals surface area (Å²) in [6, 6.07) is -3.44. The van der Waals surface area contributed by atoms with E-state index in [1.54, 1.807) is 0 Å². The second-order valence-corrected chi connectivity index (χ2v) is 11.9. The van der Waals surface area contributed by atoms with Crippen molar-refractivity contribution in [3.8, 4) is 0 Å². The van der Waals surface area contributed by atoms with Crippen molar-refractivity contribution in [2.75, 3.05) is 37.8 Å². The van der Waals surface area contributed by atoms with Crippen LogP contribution in [0.4, 0.5) is 0 Å². The SMILES string of the molecule is NC(=O)C[C@@H]1NC(=O)[C@@H](N)CSSC[C@@H](C(=O)O)NC(=O)[C@H](CCCN=C(N)N)CC2(CNC1=O)COC2. The van der Waals surface area contributed by atoms with Gasteiger partial charge in [0.15, 0.2) is 5.96 Å². The molecule has 0 saturated carbocycles. The average Bonchev–Trinajstić information content (AvgIpc) is 2.81. The van der Waals surface area contributed by atoms with Crippen LogP contribution in [0.2, 0.25) is 0 Å². The number of hydrogen-bond acceptors (Lipinski definition) is 10. The smallest absolute Gasteiger partial charge is 0.327 e. The van der Waals surface area contributed by atoms with Gasteiger partial charge in [-0.05, 0) is 19.3 Å². The number of rotatable bonds is 7. The predicted molar refractivity (Wildman–Crippen MR) is 142 cm³/mol. The van der Waals surface area contributed by atoms with Gasteiger partial charge >= 0.3 is 5.97 Å². The van der Waals surface area contributed by atoms with E-state index in [-0.39, 0.29) is 50.2 Å². The molecule has 0 aromatic rings. The van der Waals surface area contributed by atoms with Crippen LogP contribution in [0.5, 0.6) is 0 Å². The van der Waals surface area contributed by atoms with E-state index in [4.69, 9.17) is 27.7 Å². The van der Waals surface area contributed by atoms with Crippen LogP contribution in [0.15, 0.2) is 4.99 Å². The molecule has 4 amide bonds. The van der Waals surface area contributed by atoms with Crippen molar-refractivity contribution in [3.05, 3.63) is 0 Å². The highest BCUT2D eigenvalue weighted by Gasteiger charge is 2.43. The lowest BCUT2D eigenvalue weighted by atomic mass is 9.75. The Kier molecular flexibility index (Phi) is 12.4. The minimum Gasteiger partial charge on any atom is -0.480 e. The van der Waals surface area contributed by atoms with Gasteiger partial charge in [-0.2, -0.15) is 0 Å². The number of guanidine groups is 1. The number of nitrogens with two attached hydrogens (primary N) is 4. The number of carbonyl (C=O) groups excluding carboxylic acids is 4. The molecule has 15 nitrogen and oxygen atoms in total. The van der Waals surface area contributed by atoms with Crippen LogP contribution in [-0.4, -0.2) is 96.6 Å². The minimum absolute atomic E-state index is 0.0272. The summed E-state index contributed by atoms with van der Waals surface area (Å²) in [5.41, 5.74) is 21.3. The Morgan fingerprint density at radius 1 is 1.05 bits per heavy atom. The zero-order valence-corrected chi connectivity index (χ0v) is 22.5. The van der Waals surface area contributed by atoms with E-state index in [0.717, 1.165) is 21.6 Å². The fourth-order valence-corrected chi connectivity index (χ4v) is 6.22. The standard InChI is InChI=1S/C21H36N8O7S2/c22-12-6-37-38-7-14(19(34)35)29-16(31)11(2-1-3-26-20(24)25)5-21(9-36-10-21)8-27-18(33)13(4-15(23)30)28-17(12)32/h11-14H,1-10,22H2,(H2,23,30)(H,27,33)(H,28,32)(H,29,31)(H,34,35)(H4,24,25,26)/t11-,12+,13+,14+/m1/s1. The minimum atomic E-state index is -1.23. The van der Waals surface area contributed by atoms with Gasteiger partial charge < -0.3 is 48.7 Å². The fourth-order valence-electron chi connectivity index (χ4n) is 3.94. The van der Waals surface area contributed by atoms with Gasteiger partial charge in [0.25, 0.3) is 0 Å². The summed E-state index contributed by atoms with van der Waals surface area (Å²) >= 11 is 0. The van der Waals surface area contributed by atoms with Crippen LogP contribution in [-0.2, 0) is 28.7 Å². The molecule has 17 heteroatoms. The van der Waals surface area contributed by atoms with E-state index in [9.17, 15) is 29.1 Å². The summed E-state index contributed by atoms with van der Waals surface area (Å²) in [5, 5.41) is 17.5. The predicted octanol–water partition coefficient (Wildman–Crippen LogP) is -3.17. The number of carboxylic acids is 1. The Hall–Kier alpha value is -2.76. The molecule has 0 aliphatic carbocycles. The number of primary amides is 1. The molecule has 2 rings (SSSR count). The molecule has 0 unspecified atom stereocenters. The largest absolute Gasteiger partial charge is 0.480 e. The van der Waals surface area contributed by atoms with Gasteiger partial charge in [0.05, 0.1) is 25.7 Å². The normalized spacial score (nSPS) is 27.1. The van der Waals surface area contributed by atoms with Crippen molar-refractivity contribution in [3.63, 3.8) is 0 Å². The lowest BCUT2D eigenvalue weighted by Gasteiger charge is -2.43. The third-order valence-corrected chi connectivity index (χ3v) is 8.51. The molecule has 2 fully saturated rings. The number of nitrogens with zero attached hydrogens (tertiary/aromatic N) is 1. The molecule has 4 atom stereocenters. The van der Waals surface area contributed by atoms with Gasteiger partial charge in [0.1, 0.15) is 12.1 Å². The summed E-state index contributed by atoms with van der Waals surface area (Å²) < 4.78 is 5.40. The van der Waals surface area contributed by atoms with Gasteiger partial charge in [-0.1, -0.05) is 21.6 Å². The molecule has 0 radical (unpaired) electrons. The molecule has 0 aromatic heterocycles. The highest BCUT2D eigenvalue weighted by Crippen LogP contribution is 2.36. The number of nitrogens with one attached hydrogen (secondary N) is 3. The monoisotopic (exact) mass is 576 g/mol. The van der Waals surface area contributed by atoms with E-state index in [2.05, 4.69) is 20.9 Å². The number of amides is 4. The van der Waals surface area contributed by atoms with Gasteiger partial charge in [0.2, 0.25) is 23.6 Å². The summed E-state index contributed by atoms with van der Waals surface area (Å²) in [6.07, 6.45) is 0.687. The van der Waals surface area contributed by atoms with E-state index in [0.29, 0.717) is 12.8 Å². The molecule has 2 aliphatic rings. The molecular formula is C21H36N8O7S2. The zero-order valence-electron chi connectivity index (χ0n) is 20.9. The number of carboxylic acid groups (broad SMARTS) is 1. The first-order valence-electron chi connectivity index (χ1n) is 11.9. The topological polar surface area (TPSA) is 267 Å². The van der Waals surface area contributed by atoms with E-state index in [1.165, 1.54) is 0 Å². The Balaban J connectivity index is 2.28. The Morgan fingerprint density at radius 2 is 1.74 bits per heavy atom. The number of hydrogen-bond donors (Lipinski definition) is 8. The molecule has 1 spiro atoms. The molecule has 38 heavy (non-hydrogen) atoms. The van der Waals surface area contributed by atoms with Crippen LogP contribution in [0.1, 0.15) is 25.7 Å². The van der Waals surface area contributed by atoms with Crippen molar-refractivity contribution >= 4 is 57.1 Å². The van der Waals surface area contributed by atoms with Gasteiger partial charge in [-0.15, -0.1) is 0 Å². The number of aliphatic imine (C=N–C) groups is 1. The lowest BCUT2D eigenvalue weighted by Crippen LogP contribution is -2.57. The summed E-state index contributed by atoms with van der Waals surface area (Å²) in [7, 11) is 2.28. The molecule has 2 heterocycles. The van der Waals surface area contributed by atoms with Crippen molar-refractivity contribution in [2.24, 2.45) is 39.3 Å². The number of carbonyl (C=O) groups is 5. The average molecular weight is 577 g/mol. The van der Waals surface area contributed by atoms with Crippen LogP contribution in [0.25, 0.3) is 0 Å². The molecule has 0 bridgehead atoms. The second-order valence-electron chi connectivity index (χ2n) is 9.37.